The second-order valence-electron chi connectivity index (χ2n) is 6.65. The second-order valence-corrected chi connectivity index (χ2v) is 6.65. The first-order chi connectivity index (χ1) is 10.4. The number of hydrogen-bond acceptors (Lipinski definition) is 5. The first kappa shape index (κ1) is 15.2. The van der Waals surface area contributed by atoms with Crippen LogP contribution in [0, 0.1) is 12.3 Å². The summed E-state index contributed by atoms with van der Waals surface area (Å²) in [6.07, 6.45) is 4.27. The van der Waals surface area contributed by atoms with Gasteiger partial charge in [0.2, 0.25) is 0 Å². The van der Waals surface area contributed by atoms with Gasteiger partial charge >= 0.3 is 0 Å². The number of ether oxygens (including phenoxy) is 1. The van der Waals surface area contributed by atoms with E-state index in [2.05, 4.69) is 29.2 Å². The van der Waals surface area contributed by atoms with Crippen LogP contribution in [0.5, 0.6) is 0 Å². The topological polar surface area (TPSA) is 71.7 Å². The van der Waals surface area contributed by atoms with E-state index in [1.165, 1.54) is 0 Å². The average molecular weight is 304 g/mol. The van der Waals surface area contributed by atoms with Gasteiger partial charge in [0, 0.05) is 37.4 Å². The zero-order valence-corrected chi connectivity index (χ0v) is 13.6. The second kappa shape index (κ2) is 5.21. The van der Waals surface area contributed by atoms with Crippen LogP contribution in [0.3, 0.4) is 0 Å². The van der Waals surface area contributed by atoms with Crippen molar-refractivity contribution < 1.29 is 9.84 Å². The molecule has 1 aliphatic carbocycles. The molecule has 22 heavy (non-hydrogen) atoms. The highest BCUT2D eigenvalue weighted by Crippen LogP contribution is 2.51. The molecule has 2 heterocycles. The lowest BCUT2D eigenvalue weighted by Crippen LogP contribution is -2.67. The lowest BCUT2D eigenvalue weighted by molar-refractivity contribution is -0.233. The lowest BCUT2D eigenvalue weighted by atomic mass is 9.56. The highest BCUT2D eigenvalue weighted by molar-refractivity contribution is 5.67. The van der Waals surface area contributed by atoms with Crippen molar-refractivity contribution in [3.05, 3.63) is 24.2 Å². The number of anilines is 1. The van der Waals surface area contributed by atoms with E-state index in [1.54, 1.807) is 10.7 Å². The Morgan fingerprint density at radius 2 is 2.27 bits per heavy atom. The van der Waals surface area contributed by atoms with Crippen molar-refractivity contribution >= 4 is 11.3 Å². The average Bonchev–Trinajstić information content (AvgIpc) is 2.85. The third kappa shape index (κ3) is 2.27. The zero-order chi connectivity index (χ0) is 16.0. The molecule has 0 saturated heterocycles. The van der Waals surface area contributed by atoms with Gasteiger partial charge in [0.05, 0.1) is 17.4 Å². The highest BCUT2D eigenvalue weighted by atomic mass is 16.5. The Bertz CT molecular complexity index is 682. The summed E-state index contributed by atoms with van der Waals surface area (Å²) in [6.45, 7) is 9.16. The van der Waals surface area contributed by atoms with Gasteiger partial charge in [0.15, 0.2) is 5.82 Å². The van der Waals surface area contributed by atoms with Crippen LogP contribution in [-0.2, 0) is 4.74 Å². The number of aryl methyl sites for hydroxylation is 1. The molecule has 0 amide bonds. The van der Waals surface area contributed by atoms with E-state index in [0.717, 1.165) is 17.0 Å². The number of fused-ring (bicyclic) bond motifs is 1. The summed E-state index contributed by atoms with van der Waals surface area (Å²) in [4.78, 5) is 4.37. The fourth-order valence-corrected chi connectivity index (χ4v) is 3.17. The summed E-state index contributed by atoms with van der Waals surface area (Å²) in [5.41, 5.74) is 0.783. The summed E-state index contributed by atoms with van der Waals surface area (Å²) in [5, 5.41) is 18.5. The maximum absolute atomic E-state index is 10.9. The molecule has 0 bridgehead atoms. The number of rotatable bonds is 5. The third-order valence-electron chi connectivity index (χ3n) is 4.96. The molecule has 0 unspecified atom stereocenters. The van der Waals surface area contributed by atoms with Crippen LogP contribution in [0.4, 0.5) is 5.82 Å². The molecule has 0 aliphatic heterocycles. The minimum atomic E-state index is -0.795. The predicted octanol–water partition coefficient (Wildman–Crippen LogP) is 2.02. The van der Waals surface area contributed by atoms with Crippen molar-refractivity contribution in [3.8, 4) is 0 Å². The van der Waals surface area contributed by atoms with E-state index < -0.39 is 5.60 Å². The van der Waals surface area contributed by atoms with Gasteiger partial charge in [-0.1, -0.05) is 13.8 Å². The highest BCUT2D eigenvalue weighted by Gasteiger charge is 2.59. The van der Waals surface area contributed by atoms with Gasteiger partial charge < -0.3 is 15.2 Å². The van der Waals surface area contributed by atoms with Crippen molar-refractivity contribution in [2.24, 2.45) is 5.41 Å². The van der Waals surface area contributed by atoms with E-state index in [1.807, 2.05) is 26.1 Å². The van der Waals surface area contributed by atoms with Crippen LogP contribution >= 0.6 is 0 Å². The maximum atomic E-state index is 10.9. The van der Waals surface area contributed by atoms with Crippen LogP contribution in [-0.4, -0.2) is 44.6 Å². The fraction of sp³-hybridized carbons (Fsp3) is 0.625. The molecule has 6 heteroatoms. The van der Waals surface area contributed by atoms with Crippen LogP contribution in [0.2, 0.25) is 0 Å². The fourth-order valence-electron chi connectivity index (χ4n) is 3.17. The molecule has 2 atom stereocenters. The van der Waals surface area contributed by atoms with Gasteiger partial charge in [-0.05, 0) is 19.9 Å². The monoisotopic (exact) mass is 304 g/mol. The van der Waals surface area contributed by atoms with Gasteiger partial charge in [0.25, 0.3) is 0 Å². The van der Waals surface area contributed by atoms with Gasteiger partial charge in [-0.3, -0.25) is 0 Å². The number of nitrogens with zero attached hydrogens (tertiary/aromatic N) is 3. The van der Waals surface area contributed by atoms with Gasteiger partial charge in [-0.2, -0.15) is 5.10 Å². The summed E-state index contributed by atoms with van der Waals surface area (Å²) in [5.74, 6) is 0.743. The number of hydrogen-bond donors (Lipinski definition) is 2. The minimum absolute atomic E-state index is 0.102. The SMILES string of the molecule is CCO[C@H]1C[C@](O)(CNc2nccn3nc(C)cc23)C1(C)C. The van der Waals surface area contributed by atoms with Crippen molar-refractivity contribution in [3.63, 3.8) is 0 Å². The van der Waals surface area contributed by atoms with E-state index >= 15 is 0 Å². The molecule has 3 rings (SSSR count). The molecule has 6 nitrogen and oxygen atoms in total. The lowest BCUT2D eigenvalue weighted by Gasteiger charge is -2.58. The van der Waals surface area contributed by atoms with Crippen LogP contribution in [0.1, 0.15) is 32.9 Å². The Hall–Kier alpha value is -1.66. The molecule has 2 aromatic heterocycles. The van der Waals surface area contributed by atoms with Crippen LogP contribution < -0.4 is 5.32 Å². The van der Waals surface area contributed by atoms with Crippen molar-refractivity contribution in [1.29, 1.82) is 0 Å². The summed E-state index contributed by atoms with van der Waals surface area (Å²) in [6, 6.07) is 1.98. The molecule has 0 aromatic carbocycles. The maximum Gasteiger partial charge on any atom is 0.152 e. The van der Waals surface area contributed by atoms with E-state index in [-0.39, 0.29) is 11.5 Å². The largest absolute Gasteiger partial charge is 0.387 e. The van der Waals surface area contributed by atoms with Crippen molar-refractivity contribution in [2.75, 3.05) is 18.5 Å². The normalized spacial score (nSPS) is 26.9. The van der Waals surface area contributed by atoms with Gasteiger partial charge in [-0.15, -0.1) is 0 Å². The number of nitrogens with one attached hydrogen (secondary N) is 1. The molecular weight excluding hydrogens is 280 g/mol. The summed E-state index contributed by atoms with van der Waals surface area (Å²) in [7, 11) is 0. The Kier molecular flexibility index (Phi) is 3.61. The van der Waals surface area contributed by atoms with E-state index in [0.29, 0.717) is 19.6 Å². The number of aliphatic hydroxyl groups is 1. The van der Waals surface area contributed by atoms with Crippen LogP contribution in [0.15, 0.2) is 18.5 Å². The van der Waals surface area contributed by atoms with Gasteiger partial charge in [0.1, 0.15) is 5.52 Å². The van der Waals surface area contributed by atoms with Gasteiger partial charge in [-0.25, -0.2) is 9.50 Å². The standard InChI is InChI=1S/C16H24N4O2/c1-5-22-13-9-16(21,15(13,3)4)10-18-14-12-8-11(2)19-20(12)7-6-17-14/h6-8,13,21H,5,9-10H2,1-4H3,(H,17,18)/t13-,16-/m0/s1. The molecule has 120 valence electrons. The van der Waals surface area contributed by atoms with E-state index in [9.17, 15) is 5.11 Å². The van der Waals surface area contributed by atoms with Crippen molar-refractivity contribution in [1.82, 2.24) is 14.6 Å². The van der Waals surface area contributed by atoms with E-state index in [4.69, 9.17) is 4.74 Å². The Labute approximate surface area is 130 Å². The predicted molar refractivity (Wildman–Crippen MR) is 85.0 cm³/mol. The Balaban J connectivity index is 1.75. The van der Waals surface area contributed by atoms with Crippen molar-refractivity contribution in [2.45, 2.75) is 45.8 Å². The Morgan fingerprint density at radius 1 is 1.50 bits per heavy atom. The first-order valence-corrected chi connectivity index (χ1v) is 7.76. The molecule has 1 saturated carbocycles. The quantitative estimate of drug-likeness (QED) is 0.884. The third-order valence-corrected chi connectivity index (χ3v) is 4.96. The number of aromatic nitrogens is 3. The zero-order valence-electron chi connectivity index (χ0n) is 13.6. The molecule has 2 N–H and O–H groups in total. The molecule has 1 aliphatic rings. The molecule has 0 radical (unpaired) electrons. The van der Waals surface area contributed by atoms with Crippen LogP contribution in [0.25, 0.3) is 5.52 Å². The molecule has 2 aromatic rings. The minimum Gasteiger partial charge on any atom is -0.387 e. The molecule has 0 spiro atoms. The summed E-state index contributed by atoms with van der Waals surface area (Å²) >= 11 is 0. The first-order valence-electron chi connectivity index (χ1n) is 7.76. The summed E-state index contributed by atoms with van der Waals surface area (Å²) < 4.78 is 7.49. The molecular formula is C16H24N4O2. The Morgan fingerprint density at radius 3 is 2.95 bits per heavy atom. The smallest absolute Gasteiger partial charge is 0.152 e. The molecule has 1 fully saturated rings.